The molecule has 1 unspecified atom stereocenters. The molecule has 2 heterocycles. The number of rotatable bonds is 3. The summed E-state index contributed by atoms with van der Waals surface area (Å²) in [6.45, 7) is 1.87. The van der Waals surface area contributed by atoms with Crippen molar-refractivity contribution in [1.29, 1.82) is 0 Å². The van der Waals surface area contributed by atoms with Crippen LogP contribution in [0.15, 0.2) is 44.8 Å². The van der Waals surface area contributed by atoms with Gasteiger partial charge >= 0.3 is 5.97 Å². The molecule has 2 N–H and O–H groups in total. The van der Waals surface area contributed by atoms with Crippen LogP contribution in [0.3, 0.4) is 0 Å². The van der Waals surface area contributed by atoms with Crippen molar-refractivity contribution in [3.63, 3.8) is 0 Å². The molecule has 1 atom stereocenters. The van der Waals surface area contributed by atoms with E-state index in [1.807, 2.05) is 31.2 Å². The predicted molar refractivity (Wildman–Crippen MR) is 93.7 cm³/mol. The third kappa shape index (κ3) is 2.96. The van der Waals surface area contributed by atoms with E-state index < -0.39 is 11.5 Å². The minimum atomic E-state index is -1.27. The molecule has 7 nitrogen and oxygen atoms in total. The van der Waals surface area contributed by atoms with Gasteiger partial charge in [0, 0.05) is 16.7 Å². The zero-order valence-corrected chi connectivity index (χ0v) is 14.4. The maximum atomic E-state index is 12.4. The summed E-state index contributed by atoms with van der Waals surface area (Å²) in [5, 5.41) is 13.5. The lowest BCUT2D eigenvalue weighted by atomic mass is 10.0. The van der Waals surface area contributed by atoms with E-state index in [9.17, 15) is 9.59 Å². The largest absolute Gasteiger partial charge is 0.477 e. The summed E-state index contributed by atoms with van der Waals surface area (Å²) >= 11 is 3.43. The van der Waals surface area contributed by atoms with Gasteiger partial charge in [0.2, 0.25) is 0 Å². The molecule has 3 rings (SSSR count). The molecule has 0 fully saturated rings. The summed E-state index contributed by atoms with van der Waals surface area (Å²) in [5.74, 6) is -0.867. The SMILES string of the molecule is CC1CC/C(=N\Nc2ccccc2Br)c2ncc(C(=O)O)c(=O)n21. The average Bonchev–Trinajstić information content (AvgIpc) is 2.55. The van der Waals surface area contributed by atoms with Crippen molar-refractivity contribution in [2.75, 3.05) is 5.43 Å². The Morgan fingerprint density at radius 3 is 2.92 bits per heavy atom. The number of nitrogens with one attached hydrogen (secondary N) is 1. The van der Waals surface area contributed by atoms with Gasteiger partial charge in [-0.1, -0.05) is 12.1 Å². The quantitative estimate of drug-likeness (QED) is 0.785. The number of hydrogen-bond acceptors (Lipinski definition) is 5. The molecule has 0 spiro atoms. The maximum absolute atomic E-state index is 12.4. The topological polar surface area (TPSA) is 96.6 Å². The van der Waals surface area contributed by atoms with E-state index in [1.54, 1.807) is 0 Å². The highest BCUT2D eigenvalue weighted by Gasteiger charge is 2.26. The van der Waals surface area contributed by atoms with Crippen molar-refractivity contribution < 1.29 is 9.90 Å². The number of halogens is 1. The predicted octanol–water partition coefficient (Wildman–Crippen LogP) is 2.88. The molecule has 1 aromatic heterocycles. The molecule has 1 aromatic carbocycles. The first kappa shape index (κ1) is 16.4. The number of benzene rings is 1. The first-order valence-electron chi connectivity index (χ1n) is 7.41. The van der Waals surface area contributed by atoms with Crippen LogP contribution in [0.2, 0.25) is 0 Å². The van der Waals surface area contributed by atoms with Crippen LogP contribution in [0.25, 0.3) is 0 Å². The second-order valence-corrected chi connectivity index (χ2v) is 6.37. The number of hydrogen-bond donors (Lipinski definition) is 2. The Bertz CT molecular complexity index is 891. The van der Waals surface area contributed by atoms with Crippen LogP contribution >= 0.6 is 15.9 Å². The molecule has 2 aromatic rings. The molecule has 24 heavy (non-hydrogen) atoms. The number of nitrogens with zero attached hydrogens (tertiary/aromatic N) is 3. The van der Waals surface area contributed by atoms with Crippen LogP contribution < -0.4 is 11.0 Å². The van der Waals surface area contributed by atoms with E-state index in [4.69, 9.17) is 5.11 Å². The first-order chi connectivity index (χ1) is 11.5. The Kier molecular flexibility index (Phi) is 4.48. The third-order valence-corrected chi connectivity index (χ3v) is 4.60. The van der Waals surface area contributed by atoms with Crippen molar-refractivity contribution in [3.8, 4) is 0 Å². The van der Waals surface area contributed by atoms with Crippen molar-refractivity contribution in [3.05, 3.63) is 56.7 Å². The molecule has 0 radical (unpaired) electrons. The number of aromatic nitrogens is 2. The second kappa shape index (κ2) is 6.56. The van der Waals surface area contributed by atoms with Crippen LogP contribution in [-0.2, 0) is 0 Å². The van der Waals surface area contributed by atoms with Crippen LogP contribution in [0, 0.1) is 0 Å². The Hall–Kier alpha value is -2.48. The zero-order valence-electron chi connectivity index (χ0n) is 12.9. The van der Waals surface area contributed by atoms with E-state index in [0.29, 0.717) is 24.4 Å². The summed E-state index contributed by atoms with van der Waals surface area (Å²) in [6.07, 6.45) is 2.44. The molecule has 8 heteroatoms. The van der Waals surface area contributed by atoms with Gasteiger partial charge in [0.25, 0.3) is 5.56 Å². The van der Waals surface area contributed by atoms with Gasteiger partial charge in [-0.25, -0.2) is 9.78 Å². The Morgan fingerprint density at radius 1 is 1.46 bits per heavy atom. The smallest absolute Gasteiger partial charge is 0.342 e. The fraction of sp³-hybridized carbons (Fsp3) is 0.250. The Morgan fingerprint density at radius 2 is 2.21 bits per heavy atom. The number of hydrazone groups is 1. The minimum Gasteiger partial charge on any atom is -0.477 e. The number of carbonyl (C=O) groups is 1. The maximum Gasteiger partial charge on any atom is 0.342 e. The number of fused-ring (bicyclic) bond motifs is 1. The van der Waals surface area contributed by atoms with Gasteiger partial charge < -0.3 is 5.11 Å². The van der Waals surface area contributed by atoms with Gasteiger partial charge in [-0.15, -0.1) is 0 Å². The minimum absolute atomic E-state index is 0.123. The normalized spacial score (nSPS) is 18.2. The van der Waals surface area contributed by atoms with Crippen LogP contribution in [0.4, 0.5) is 5.69 Å². The number of anilines is 1. The number of carboxylic acid groups (broad SMARTS) is 1. The second-order valence-electron chi connectivity index (χ2n) is 5.51. The molecular formula is C16H15BrN4O3. The van der Waals surface area contributed by atoms with Crippen LogP contribution in [0.5, 0.6) is 0 Å². The lowest BCUT2D eigenvalue weighted by molar-refractivity contribution is 0.0693. The molecule has 0 amide bonds. The van der Waals surface area contributed by atoms with Gasteiger partial charge in [0.1, 0.15) is 11.3 Å². The lowest BCUT2D eigenvalue weighted by Crippen LogP contribution is -2.37. The van der Waals surface area contributed by atoms with E-state index >= 15 is 0 Å². The van der Waals surface area contributed by atoms with E-state index in [-0.39, 0.29) is 11.6 Å². The van der Waals surface area contributed by atoms with Crippen LogP contribution in [-0.4, -0.2) is 26.3 Å². The standard InChI is InChI=1S/C16H15BrN4O3/c1-9-6-7-13(20-19-12-5-3-2-4-11(12)17)14-18-8-10(16(23)24)15(22)21(9)14/h2-5,8-9,19H,6-7H2,1H3,(H,23,24)/b20-13+. The van der Waals surface area contributed by atoms with Crippen LogP contribution in [0.1, 0.15) is 42.0 Å². The lowest BCUT2D eigenvalue weighted by Gasteiger charge is -2.25. The summed E-state index contributed by atoms with van der Waals surface area (Å²) in [6, 6.07) is 7.41. The van der Waals surface area contributed by atoms with E-state index in [0.717, 1.165) is 16.4 Å². The highest BCUT2D eigenvalue weighted by molar-refractivity contribution is 9.10. The summed E-state index contributed by atoms with van der Waals surface area (Å²) < 4.78 is 2.28. The van der Waals surface area contributed by atoms with Gasteiger partial charge in [-0.2, -0.15) is 5.10 Å². The Labute approximate surface area is 146 Å². The van der Waals surface area contributed by atoms with Gasteiger partial charge in [0.15, 0.2) is 5.82 Å². The monoisotopic (exact) mass is 390 g/mol. The fourth-order valence-electron chi connectivity index (χ4n) is 2.61. The van der Waals surface area contributed by atoms with Crippen molar-refractivity contribution in [1.82, 2.24) is 9.55 Å². The van der Waals surface area contributed by atoms with Crippen molar-refractivity contribution in [2.24, 2.45) is 5.10 Å². The van der Waals surface area contributed by atoms with Gasteiger partial charge in [-0.3, -0.25) is 14.8 Å². The molecule has 0 bridgehead atoms. The number of aromatic carboxylic acids is 1. The first-order valence-corrected chi connectivity index (χ1v) is 8.20. The number of carboxylic acids is 1. The van der Waals surface area contributed by atoms with Gasteiger partial charge in [0.05, 0.1) is 5.69 Å². The molecular weight excluding hydrogens is 376 g/mol. The highest BCUT2D eigenvalue weighted by atomic mass is 79.9. The summed E-state index contributed by atoms with van der Waals surface area (Å²) in [5.41, 5.74) is 3.50. The molecule has 1 aliphatic heterocycles. The third-order valence-electron chi connectivity index (χ3n) is 3.91. The van der Waals surface area contributed by atoms with Crippen molar-refractivity contribution in [2.45, 2.75) is 25.8 Å². The summed E-state index contributed by atoms with van der Waals surface area (Å²) in [4.78, 5) is 27.7. The number of para-hydroxylation sites is 1. The van der Waals surface area contributed by atoms with E-state index in [2.05, 4.69) is 31.4 Å². The molecule has 1 aliphatic rings. The fourth-order valence-corrected chi connectivity index (χ4v) is 2.98. The highest BCUT2D eigenvalue weighted by Crippen LogP contribution is 2.24. The summed E-state index contributed by atoms with van der Waals surface area (Å²) in [7, 11) is 0. The van der Waals surface area contributed by atoms with Gasteiger partial charge in [-0.05, 0) is 47.8 Å². The van der Waals surface area contributed by atoms with Crippen molar-refractivity contribution >= 4 is 33.3 Å². The molecule has 0 saturated carbocycles. The Balaban J connectivity index is 2.02. The molecule has 0 aliphatic carbocycles. The molecule has 124 valence electrons. The molecule has 0 saturated heterocycles. The average molecular weight is 391 g/mol. The van der Waals surface area contributed by atoms with E-state index in [1.165, 1.54) is 4.57 Å². The zero-order chi connectivity index (χ0) is 17.3.